The number of thiazole rings is 1. The minimum atomic E-state index is -0.149. The van der Waals surface area contributed by atoms with Gasteiger partial charge in [0.1, 0.15) is 9.88 Å². The standard InChI is InChI=1S/C17H21N3O2S/c1-3-9-18-14(21)10-15-20-12(2)16(23-15)17(22)19-11-13-7-5-4-6-8-13/h4-8H,3,9-11H2,1-2H3,(H,18,21)(H,19,22). The molecule has 0 radical (unpaired) electrons. The summed E-state index contributed by atoms with van der Waals surface area (Å²) in [4.78, 5) is 28.9. The van der Waals surface area contributed by atoms with Crippen molar-refractivity contribution in [2.24, 2.45) is 0 Å². The first-order chi connectivity index (χ1) is 11.1. The van der Waals surface area contributed by atoms with Crippen LogP contribution in [0, 0.1) is 6.92 Å². The Balaban J connectivity index is 1.94. The van der Waals surface area contributed by atoms with Gasteiger partial charge in [-0.05, 0) is 18.9 Å². The number of amides is 2. The van der Waals surface area contributed by atoms with Gasteiger partial charge < -0.3 is 10.6 Å². The number of carbonyl (C=O) groups is 2. The van der Waals surface area contributed by atoms with Gasteiger partial charge >= 0.3 is 0 Å². The summed E-state index contributed by atoms with van der Waals surface area (Å²) in [6.07, 6.45) is 1.12. The predicted molar refractivity (Wildman–Crippen MR) is 91.5 cm³/mol. The molecule has 2 aromatic rings. The SMILES string of the molecule is CCCNC(=O)Cc1nc(C)c(C(=O)NCc2ccccc2)s1. The maximum Gasteiger partial charge on any atom is 0.263 e. The van der Waals surface area contributed by atoms with Crippen LogP contribution in [0.4, 0.5) is 0 Å². The van der Waals surface area contributed by atoms with E-state index in [2.05, 4.69) is 15.6 Å². The van der Waals surface area contributed by atoms with E-state index in [1.807, 2.05) is 37.3 Å². The summed E-state index contributed by atoms with van der Waals surface area (Å²) in [5.41, 5.74) is 1.71. The highest BCUT2D eigenvalue weighted by Crippen LogP contribution is 2.18. The average molecular weight is 331 g/mol. The van der Waals surface area contributed by atoms with Crippen LogP contribution in [0.3, 0.4) is 0 Å². The molecule has 0 unspecified atom stereocenters. The number of nitrogens with one attached hydrogen (secondary N) is 2. The van der Waals surface area contributed by atoms with E-state index in [9.17, 15) is 9.59 Å². The Kier molecular flexibility index (Phi) is 6.29. The van der Waals surface area contributed by atoms with Crippen molar-refractivity contribution in [1.29, 1.82) is 0 Å². The van der Waals surface area contributed by atoms with Crippen molar-refractivity contribution < 1.29 is 9.59 Å². The van der Waals surface area contributed by atoms with Crippen LogP contribution in [-0.4, -0.2) is 23.3 Å². The molecular formula is C17H21N3O2S. The summed E-state index contributed by atoms with van der Waals surface area (Å²) in [6, 6.07) is 9.74. The summed E-state index contributed by atoms with van der Waals surface area (Å²) < 4.78 is 0. The summed E-state index contributed by atoms with van der Waals surface area (Å²) in [6.45, 7) is 4.93. The zero-order chi connectivity index (χ0) is 16.7. The van der Waals surface area contributed by atoms with Crippen molar-refractivity contribution in [2.75, 3.05) is 6.54 Å². The number of aromatic nitrogens is 1. The molecule has 0 aliphatic carbocycles. The lowest BCUT2D eigenvalue weighted by Gasteiger charge is -2.03. The first-order valence-electron chi connectivity index (χ1n) is 7.65. The fourth-order valence-corrected chi connectivity index (χ4v) is 3.04. The number of hydrogen-bond acceptors (Lipinski definition) is 4. The second kappa shape index (κ2) is 8.43. The molecule has 23 heavy (non-hydrogen) atoms. The minimum Gasteiger partial charge on any atom is -0.356 e. The maximum absolute atomic E-state index is 12.3. The molecule has 122 valence electrons. The lowest BCUT2D eigenvalue weighted by molar-refractivity contribution is -0.120. The highest BCUT2D eigenvalue weighted by atomic mass is 32.1. The molecule has 0 atom stereocenters. The largest absolute Gasteiger partial charge is 0.356 e. The molecule has 0 saturated carbocycles. The molecule has 0 fully saturated rings. The molecule has 1 aromatic carbocycles. The fourth-order valence-electron chi connectivity index (χ4n) is 2.06. The highest BCUT2D eigenvalue weighted by Gasteiger charge is 2.16. The Morgan fingerprint density at radius 3 is 2.61 bits per heavy atom. The van der Waals surface area contributed by atoms with E-state index < -0.39 is 0 Å². The molecule has 0 bridgehead atoms. The zero-order valence-electron chi connectivity index (χ0n) is 13.4. The number of aryl methyl sites for hydroxylation is 1. The van der Waals surface area contributed by atoms with Crippen molar-refractivity contribution in [3.05, 3.63) is 51.5 Å². The van der Waals surface area contributed by atoms with E-state index in [0.29, 0.717) is 28.7 Å². The van der Waals surface area contributed by atoms with Gasteiger partial charge in [-0.2, -0.15) is 0 Å². The number of carbonyl (C=O) groups excluding carboxylic acids is 2. The van der Waals surface area contributed by atoms with Crippen LogP contribution in [0.15, 0.2) is 30.3 Å². The van der Waals surface area contributed by atoms with Crippen LogP contribution in [0.25, 0.3) is 0 Å². The molecule has 2 amide bonds. The van der Waals surface area contributed by atoms with Gasteiger partial charge in [-0.25, -0.2) is 4.98 Å². The second-order valence-electron chi connectivity index (χ2n) is 5.22. The van der Waals surface area contributed by atoms with Crippen molar-refractivity contribution in [3.8, 4) is 0 Å². The number of nitrogens with zero attached hydrogens (tertiary/aromatic N) is 1. The molecule has 2 rings (SSSR count). The quantitative estimate of drug-likeness (QED) is 0.819. The van der Waals surface area contributed by atoms with E-state index in [-0.39, 0.29) is 18.2 Å². The summed E-state index contributed by atoms with van der Waals surface area (Å²) in [5, 5.41) is 6.37. The maximum atomic E-state index is 12.3. The number of hydrogen-bond donors (Lipinski definition) is 2. The molecule has 0 aliphatic heterocycles. The monoisotopic (exact) mass is 331 g/mol. The Bertz CT molecular complexity index is 668. The molecule has 0 spiro atoms. The third kappa shape index (κ3) is 5.17. The molecule has 6 heteroatoms. The number of rotatable bonds is 7. The van der Waals surface area contributed by atoms with Crippen LogP contribution >= 0.6 is 11.3 Å². The molecule has 1 heterocycles. The first-order valence-corrected chi connectivity index (χ1v) is 8.47. The van der Waals surface area contributed by atoms with Crippen LogP contribution in [0.1, 0.15) is 39.3 Å². The number of benzene rings is 1. The van der Waals surface area contributed by atoms with Gasteiger partial charge in [0.2, 0.25) is 5.91 Å². The van der Waals surface area contributed by atoms with Crippen LogP contribution in [-0.2, 0) is 17.8 Å². The third-order valence-corrected chi connectivity index (χ3v) is 4.38. The molecule has 2 N–H and O–H groups in total. The van der Waals surface area contributed by atoms with Gasteiger partial charge in [-0.1, -0.05) is 37.3 Å². The van der Waals surface area contributed by atoms with E-state index in [1.54, 1.807) is 6.92 Å². The summed E-state index contributed by atoms with van der Waals surface area (Å²) in [7, 11) is 0. The smallest absolute Gasteiger partial charge is 0.263 e. The van der Waals surface area contributed by atoms with Crippen molar-refractivity contribution in [3.63, 3.8) is 0 Å². The fraction of sp³-hybridized carbons (Fsp3) is 0.353. The lowest BCUT2D eigenvalue weighted by Crippen LogP contribution is -2.25. The van der Waals surface area contributed by atoms with Gasteiger partial charge in [0.15, 0.2) is 0 Å². The molecule has 5 nitrogen and oxygen atoms in total. The van der Waals surface area contributed by atoms with Crippen LogP contribution < -0.4 is 10.6 Å². The van der Waals surface area contributed by atoms with E-state index >= 15 is 0 Å². The van der Waals surface area contributed by atoms with Crippen molar-refractivity contribution in [2.45, 2.75) is 33.2 Å². The summed E-state index contributed by atoms with van der Waals surface area (Å²) >= 11 is 1.28. The Morgan fingerprint density at radius 2 is 1.91 bits per heavy atom. The molecule has 0 saturated heterocycles. The molecular weight excluding hydrogens is 310 g/mol. The van der Waals surface area contributed by atoms with E-state index in [1.165, 1.54) is 11.3 Å². The predicted octanol–water partition coefficient (Wildman–Crippen LogP) is 2.45. The zero-order valence-corrected chi connectivity index (χ0v) is 14.2. The van der Waals surface area contributed by atoms with Gasteiger partial charge in [0.05, 0.1) is 12.1 Å². The van der Waals surface area contributed by atoms with Crippen LogP contribution in [0.2, 0.25) is 0 Å². The van der Waals surface area contributed by atoms with Gasteiger partial charge in [0.25, 0.3) is 5.91 Å². The second-order valence-corrected chi connectivity index (χ2v) is 6.30. The Morgan fingerprint density at radius 1 is 1.17 bits per heavy atom. The van der Waals surface area contributed by atoms with Crippen LogP contribution in [0.5, 0.6) is 0 Å². The topological polar surface area (TPSA) is 71.1 Å². The van der Waals surface area contributed by atoms with Gasteiger partial charge in [-0.3, -0.25) is 9.59 Å². The Labute approximate surface area is 140 Å². The Hall–Kier alpha value is -2.21. The third-order valence-electron chi connectivity index (χ3n) is 3.23. The van der Waals surface area contributed by atoms with E-state index in [0.717, 1.165) is 12.0 Å². The molecule has 1 aromatic heterocycles. The normalized spacial score (nSPS) is 10.3. The lowest BCUT2D eigenvalue weighted by atomic mass is 10.2. The van der Waals surface area contributed by atoms with Gasteiger partial charge in [0, 0.05) is 13.1 Å². The summed E-state index contributed by atoms with van der Waals surface area (Å²) in [5.74, 6) is -0.207. The average Bonchev–Trinajstić information content (AvgIpc) is 2.92. The van der Waals surface area contributed by atoms with Gasteiger partial charge in [-0.15, -0.1) is 11.3 Å². The van der Waals surface area contributed by atoms with E-state index in [4.69, 9.17) is 0 Å². The molecule has 0 aliphatic rings. The van der Waals surface area contributed by atoms with Crippen molar-refractivity contribution >= 4 is 23.2 Å². The minimum absolute atomic E-state index is 0.0585. The van der Waals surface area contributed by atoms with Crippen molar-refractivity contribution in [1.82, 2.24) is 15.6 Å². The highest BCUT2D eigenvalue weighted by molar-refractivity contribution is 7.13. The first kappa shape index (κ1) is 17.1.